The number of aromatic nitrogens is 3. The molecule has 4 rings (SSSR count). The van der Waals surface area contributed by atoms with Gasteiger partial charge < -0.3 is 20.3 Å². The molecule has 7 nitrogen and oxygen atoms in total. The summed E-state index contributed by atoms with van der Waals surface area (Å²) >= 11 is 0. The lowest BCUT2D eigenvalue weighted by Gasteiger charge is -2.34. The second-order valence-corrected chi connectivity index (χ2v) is 6.50. The number of morpholine rings is 1. The maximum atomic E-state index is 13.5. The lowest BCUT2D eigenvalue weighted by molar-refractivity contribution is -0.137. The van der Waals surface area contributed by atoms with E-state index in [0.717, 1.165) is 31.8 Å². The van der Waals surface area contributed by atoms with Crippen molar-refractivity contribution in [3.63, 3.8) is 0 Å². The highest BCUT2D eigenvalue weighted by molar-refractivity contribution is 5.69. The summed E-state index contributed by atoms with van der Waals surface area (Å²) < 4.78 is 46.0. The number of hydrogen-bond donors (Lipinski definition) is 1. The number of nitrogens with two attached hydrogens (primary N) is 1. The summed E-state index contributed by atoms with van der Waals surface area (Å²) in [4.78, 5) is 16.8. The van der Waals surface area contributed by atoms with Crippen LogP contribution in [0, 0.1) is 0 Å². The number of alkyl halides is 3. The number of rotatable bonds is 3. The van der Waals surface area contributed by atoms with Gasteiger partial charge in [-0.1, -0.05) is 0 Å². The van der Waals surface area contributed by atoms with E-state index in [4.69, 9.17) is 10.5 Å². The molecule has 2 aliphatic heterocycles. The number of pyridine rings is 1. The highest BCUT2D eigenvalue weighted by Crippen LogP contribution is 2.38. The van der Waals surface area contributed by atoms with E-state index in [2.05, 4.69) is 15.0 Å². The van der Waals surface area contributed by atoms with Gasteiger partial charge in [-0.25, -0.2) is 9.97 Å². The molecule has 0 aliphatic carbocycles. The van der Waals surface area contributed by atoms with Crippen molar-refractivity contribution in [3.05, 3.63) is 23.9 Å². The molecule has 0 spiro atoms. The summed E-state index contributed by atoms with van der Waals surface area (Å²) in [5.41, 5.74) is 4.72. The van der Waals surface area contributed by atoms with E-state index in [1.165, 1.54) is 0 Å². The zero-order valence-corrected chi connectivity index (χ0v) is 14.5. The maximum absolute atomic E-state index is 13.5. The van der Waals surface area contributed by atoms with Crippen LogP contribution in [0.15, 0.2) is 18.3 Å². The van der Waals surface area contributed by atoms with E-state index < -0.39 is 11.7 Å². The van der Waals surface area contributed by atoms with Gasteiger partial charge in [0.1, 0.15) is 11.6 Å². The second-order valence-electron chi connectivity index (χ2n) is 6.50. The Kier molecular flexibility index (Phi) is 4.50. The van der Waals surface area contributed by atoms with Crippen LogP contribution < -0.4 is 15.5 Å². The molecule has 27 heavy (non-hydrogen) atoms. The fourth-order valence-electron chi connectivity index (χ4n) is 3.08. The van der Waals surface area contributed by atoms with Crippen LogP contribution in [0.5, 0.6) is 0 Å². The lowest BCUT2D eigenvalue weighted by atomic mass is 10.1. The predicted octanol–water partition coefficient (Wildman–Crippen LogP) is 2.19. The van der Waals surface area contributed by atoms with Gasteiger partial charge in [0.2, 0.25) is 5.95 Å². The van der Waals surface area contributed by atoms with Gasteiger partial charge in [-0.3, -0.25) is 0 Å². The minimum Gasteiger partial charge on any atom is -0.384 e. The van der Waals surface area contributed by atoms with Crippen LogP contribution in [0.1, 0.15) is 12.0 Å². The first-order valence-corrected chi connectivity index (χ1v) is 8.71. The average molecular weight is 380 g/mol. The zero-order chi connectivity index (χ0) is 19.0. The Labute approximate surface area is 154 Å². The normalized spacial score (nSPS) is 17.7. The van der Waals surface area contributed by atoms with Crippen molar-refractivity contribution in [3.8, 4) is 11.3 Å². The Hall–Kier alpha value is -2.62. The molecule has 0 radical (unpaired) electrons. The number of ether oxygens (including phenoxy) is 1. The third kappa shape index (κ3) is 3.61. The van der Waals surface area contributed by atoms with Crippen LogP contribution in [0.25, 0.3) is 11.3 Å². The van der Waals surface area contributed by atoms with Crippen molar-refractivity contribution in [1.29, 1.82) is 0 Å². The Morgan fingerprint density at radius 2 is 1.74 bits per heavy atom. The van der Waals surface area contributed by atoms with Crippen molar-refractivity contribution in [2.45, 2.75) is 12.6 Å². The van der Waals surface area contributed by atoms with E-state index in [-0.39, 0.29) is 17.1 Å². The summed E-state index contributed by atoms with van der Waals surface area (Å²) in [6.07, 6.45) is -2.40. The fourth-order valence-corrected chi connectivity index (χ4v) is 3.08. The summed E-state index contributed by atoms with van der Waals surface area (Å²) in [6.45, 7) is 3.90. The molecule has 10 heteroatoms. The van der Waals surface area contributed by atoms with Crippen molar-refractivity contribution >= 4 is 17.6 Å². The Bertz CT molecular complexity index is 834. The Morgan fingerprint density at radius 3 is 2.37 bits per heavy atom. The molecule has 2 fully saturated rings. The molecule has 0 bridgehead atoms. The standard InChI is InChI=1S/C17H19F3N6O/c18-17(19,20)12-8-14(21)22-10-11(12)13-9-15(25-2-1-3-25)24-16(23-13)26-4-6-27-7-5-26/h8-10H,1-7H2,(H2,21,22). The smallest absolute Gasteiger partial charge is 0.384 e. The minimum atomic E-state index is -4.56. The number of anilines is 3. The molecular formula is C17H19F3N6O. The third-order valence-electron chi connectivity index (χ3n) is 4.68. The first-order valence-electron chi connectivity index (χ1n) is 8.71. The van der Waals surface area contributed by atoms with Crippen molar-refractivity contribution in [2.75, 3.05) is 54.9 Å². The lowest BCUT2D eigenvalue weighted by Crippen LogP contribution is -2.40. The minimum absolute atomic E-state index is 0.101. The molecule has 144 valence electrons. The number of halogens is 3. The zero-order valence-electron chi connectivity index (χ0n) is 14.5. The Balaban J connectivity index is 1.82. The highest BCUT2D eigenvalue weighted by atomic mass is 19.4. The van der Waals surface area contributed by atoms with E-state index in [9.17, 15) is 13.2 Å². The van der Waals surface area contributed by atoms with Crippen molar-refractivity contribution < 1.29 is 17.9 Å². The molecular weight excluding hydrogens is 361 g/mol. The number of nitrogens with zero attached hydrogens (tertiary/aromatic N) is 5. The largest absolute Gasteiger partial charge is 0.417 e. The number of nitrogen functional groups attached to an aromatic ring is 1. The van der Waals surface area contributed by atoms with Gasteiger partial charge in [-0.2, -0.15) is 18.2 Å². The van der Waals surface area contributed by atoms with Gasteiger partial charge >= 0.3 is 6.18 Å². The van der Waals surface area contributed by atoms with Gasteiger partial charge in [0.05, 0.1) is 24.5 Å². The first kappa shape index (κ1) is 17.8. The van der Waals surface area contributed by atoms with Gasteiger partial charge in [-0.15, -0.1) is 0 Å². The maximum Gasteiger partial charge on any atom is 0.417 e. The highest BCUT2D eigenvalue weighted by Gasteiger charge is 2.35. The van der Waals surface area contributed by atoms with Gasteiger partial charge in [0, 0.05) is 44.0 Å². The van der Waals surface area contributed by atoms with E-state index >= 15 is 0 Å². The molecule has 2 aromatic rings. The van der Waals surface area contributed by atoms with Gasteiger partial charge in [-0.05, 0) is 12.5 Å². The summed E-state index contributed by atoms with van der Waals surface area (Å²) in [5.74, 6) is 0.844. The molecule has 2 aliphatic rings. The van der Waals surface area contributed by atoms with Crippen LogP contribution >= 0.6 is 0 Å². The van der Waals surface area contributed by atoms with E-state index in [0.29, 0.717) is 38.1 Å². The summed E-state index contributed by atoms with van der Waals surface area (Å²) in [7, 11) is 0. The van der Waals surface area contributed by atoms with Gasteiger partial charge in [0.15, 0.2) is 0 Å². The van der Waals surface area contributed by atoms with Crippen LogP contribution in [-0.4, -0.2) is 54.3 Å². The molecule has 0 atom stereocenters. The van der Waals surface area contributed by atoms with Crippen molar-refractivity contribution in [1.82, 2.24) is 15.0 Å². The summed E-state index contributed by atoms with van der Waals surface area (Å²) in [5, 5.41) is 0. The van der Waals surface area contributed by atoms with Crippen LogP contribution in [0.3, 0.4) is 0 Å². The predicted molar refractivity (Wildman–Crippen MR) is 94.5 cm³/mol. The number of hydrogen-bond acceptors (Lipinski definition) is 7. The van der Waals surface area contributed by atoms with Crippen LogP contribution in [0.2, 0.25) is 0 Å². The SMILES string of the molecule is Nc1cc(C(F)(F)F)c(-c2cc(N3CCC3)nc(N3CCOCC3)n2)cn1. The second kappa shape index (κ2) is 6.84. The van der Waals surface area contributed by atoms with Crippen LogP contribution in [-0.2, 0) is 10.9 Å². The summed E-state index contributed by atoms with van der Waals surface area (Å²) in [6, 6.07) is 2.43. The Morgan fingerprint density at radius 1 is 1.00 bits per heavy atom. The molecule has 4 heterocycles. The molecule has 0 aromatic carbocycles. The third-order valence-corrected chi connectivity index (χ3v) is 4.68. The average Bonchev–Trinajstić information content (AvgIpc) is 2.60. The molecule has 2 N–H and O–H groups in total. The molecule has 0 saturated carbocycles. The molecule has 0 unspecified atom stereocenters. The molecule has 2 saturated heterocycles. The van der Waals surface area contributed by atoms with E-state index in [1.54, 1.807) is 6.07 Å². The monoisotopic (exact) mass is 380 g/mol. The van der Waals surface area contributed by atoms with Crippen molar-refractivity contribution in [2.24, 2.45) is 0 Å². The fraction of sp³-hybridized carbons (Fsp3) is 0.471. The van der Waals surface area contributed by atoms with E-state index in [1.807, 2.05) is 9.80 Å². The molecule has 0 amide bonds. The van der Waals surface area contributed by atoms with Gasteiger partial charge in [0.25, 0.3) is 0 Å². The molecule has 2 aromatic heterocycles. The quantitative estimate of drug-likeness (QED) is 0.874. The van der Waals surface area contributed by atoms with Crippen LogP contribution in [0.4, 0.5) is 30.8 Å². The first-order chi connectivity index (χ1) is 12.9. The topological polar surface area (TPSA) is 80.4 Å².